The zero-order valence-electron chi connectivity index (χ0n) is 13.4. The molecule has 1 aromatic heterocycles. The lowest BCUT2D eigenvalue weighted by Gasteiger charge is -2.36. The fraction of sp³-hybridized carbons (Fsp3) is 0.353. The molecule has 0 aliphatic carbocycles. The topological polar surface area (TPSA) is 69.3 Å². The minimum Gasteiger partial charge on any atom is -0.368 e. The number of H-pyrrole nitrogens is 1. The molecule has 1 amide bonds. The van der Waals surface area contributed by atoms with Gasteiger partial charge in [0.2, 0.25) is 0 Å². The largest absolute Gasteiger partial charge is 0.368 e. The lowest BCUT2D eigenvalue weighted by molar-refractivity contribution is 0.0739. The Kier molecular flexibility index (Phi) is 4.14. The van der Waals surface area contributed by atoms with Gasteiger partial charge in [-0.3, -0.25) is 9.59 Å². The van der Waals surface area contributed by atoms with E-state index in [-0.39, 0.29) is 17.2 Å². The first-order chi connectivity index (χ1) is 11.0. The molecule has 6 nitrogen and oxygen atoms in total. The SMILES string of the molecule is Cc1ccc(C)c(N2CCN(C(=O)c3ccc(=O)[nH]n3)CC2)c1. The van der Waals surface area contributed by atoms with Crippen molar-refractivity contribution in [3.05, 3.63) is 57.5 Å². The van der Waals surface area contributed by atoms with E-state index in [0.29, 0.717) is 13.1 Å². The number of aromatic amines is 1. The lowest BCUT2D eigenvalue weighted by atomic mass is 10.1. The summed E-state index contributed by atoms with van der Waals surface area (Å²) in [5.41, 5.74) is 3.70. The van der Waals surface area contributed by atoms with Crippen molar-refractivity contribution in [1.29, 1.82) is 0 Å². The van der Waals surface area contributed by atoms with Crippen molar-refractivity contribution in [2.45, 2.75) is 13.8 Å². The second kappa shape index (κ2) is 6.24. The Morgan fingerprint density at radius 2 is 1.83 bits per heavy atom. The third-order valence-corrected chi connectivity index (χ3v) is 4.17. The molecule has 0 saturated carbocycles. The van der Waals surface area contributed by atoms with Crippen molar-refractivity contribution in [3.63, 3.8) is 0 Å². The maximum atomic E-state index is 12.4. The Hall–Kier alpha value is -2.63. The molecule has 2 heterocycles. The predicted octanol–water partition coefficient (Wildman–Crippen LogP) is 1.35. The summed E-state index contributed by atoms with van der Waals surface area (Å²) in [6, 6.07) is 9.23. The molecule has 0 spiro atoms. The zero-order chi connectivity index (χ0) is 16.4. The second-order valence-corrected chi connectivity index (χ2v) is 5.88. The maximum absolute atomic E-state index is 12.4. The summed E-state index contributed by atoms with van der Waals surface area (Å²) in [6.07, 6.45) is 0. The van der Waals surface area contributed by atoms with Crippen molar-refractivity contribution in [2.24, 2.45) is 0 Å². The van der Waals surface area contributed by atoms with Gasteiger partial charge in [-0.1, -0.05) is 12.1 Å². The zero-order valence-corrected chi connectivity index (χ0v) is 13.4. The molecule has 1 aliphatic rings. The molecule has 23 heavy (non-hydrogen) atoms. The van der Waals surface area contributed by atoms with Crippen LogP contribution in [0.4, 0.5) is 5.69 Å². The molecule has 1 fully saturated rings. The summed E-state index contributed by atoms with van der Waals surface area (Å²) in [5.74, 6) is -0.137. The molecule has 6 heteroatoms. The molecule has 0 bridgehead atoms. The Balaban J connectivity index is 1.68. The third kappa shape index (κ3) is 3.26. The molecule has 0 unspecified atom stereocenters. The Morgan fingerprint density at radius 1 is 1.09 bits per heavy atom. The average Bonchev–Trinajstić information content (AvgIpc) is 2.57. The number of carbonyl (C=O) groups excluding carboxylic acids is 1. The highest BCUT2D eigenvalue weighted by molar-refractivity contribution is 5.92. The summed E-state index contributed by atoms with van der Waals surface area (Å²) < 4.78 is 0. The van der Waals surface area contributed by atoms with Crippen LogP contribution in [0.5, 0.6) is 0 Å². The van der Waals surface area contributed by atoms with E-state index in [4.69, 9.17) is 0 Å². The number of amides is 1. The van der Waals surface area contributed by atoms with E-state index in [1.165, 1.54) is 28.9 Å². The molecular weight excluding hydrogens is 292 g/mol. The molecule has 2 aromatic rings. The molecule has 1 aliphatic heterocycles. The number of benzene rings is 1. The first-order valence-corrected chi connectivity index (χ1v) is 7.72. The normalized spacial score (nSPS) is 14.9. The first-order valence-electron chi connectivity index (χ1n) is 7.72. The molecule has 1 saturated heterocycles. The summed E-state index contributed by atoms with van der Waals surface area (Å²) in [5, 5.41) is 6.12. The molecular formula is C17H20N4O2. The number of piperazine rings is 1. The van der Waals surface area contributed by atoms with Crippen LogP contribution in [0, 0.1) is 13.8 Å². The van der Waals surface area contributed by atoms with Crippen LogP contribution >= 0.6 is 0 Å². The van der Waals surface area contributed by atoms with E-state index >= 15 is 0 Å². The predicted molar refractivity (Wildman–Crippen MR) is 88.9 cm³/mol. The number of rotatable bonds is 2. The quantitative estimate of drug-likeness (QED) is 0.909. The highest BCUT2D eigenvalue weighted by Crippen LogP contribution is 2.23. The van der Waals surface area contributed by atoms with Crippen molar-refractivity contribution in [2.75, 3.05) is 31.1 Å². The first kappa shape index (κ1) is 15.3. The second-order valence-electron chi connectivity index (χ2n) is 5.88. The van der Waals surface area contributed by atoms with Crippen LogP contribution in [0.2, 0.25) is 0 Å². The van der Waals surface area contributed by atoms with E-state index in [0.717, 1.165) is 13.1 Å². The van der Waals surface area contributed by atoms with Crippen molar-refractivity contribution in [3.8, 4) is 0 Å². The van der Waals surface area contributed by atoms with Gasteiger partial charge in [0, 0.05) is 37.9 Å². The van der Waals surface area contributed by atoms with Gasteiger partial charge in [-0.05, 0) is 37.1 Å². The Labute approximate surface area is 134 Å². The summed E-state index contributed by atoms with van der Waals surface area (Å²) in [7, 11) is 0. The van der Waals surface area contributed by atoms with E-state index in [1.54, 1.807) is 4.90 Å². The molecule has 1 N–H and O–H groups in total. The van der Waals surface area contributed by atoms with Gasteiger partial charge < -0.3 is 9.80 Å². The molecule has 3 rings (SSSR count). The molecule has 1 aromatic carbocycles. The van der Waals surface area contributed by atoms with Crippen LogP contribution in [0.3, 0.4) is 0 Å². The number of carbonyl (C=O) groups is 1. The number of nitrogens with one attached hydrogen (secondary N) is 1. The number of nitrogens with zero attached hydrogens (tertiary/aromatic N) is 3. The van der Waals surface area contributed by atoms with Gasteiger partial charge in [-0.15, -0.1) is 0 Å². The van der Waals surface area contributed by atoms with Gasteiger partial charge in [0.25, 0.3) is 11.5 Å². The van der Waals surface area contributed by atoms with E-state index in [2.05, 4.69) is 47.1 Å². The fourth-order valence-corrected chi connectivity index (χ4v) is 2.84. The molecule has 0 atom stereocenters. The summed E-state index contributed by atoms with van der Waals surface area (Å²) >= 11 is 0. The Bertz CT molecular complexity index is 756. The lowest BCUT2D eigenvalue weighted by Crippen LogP contribution is -2.49. The van der Waals surface area contributed by atoms with Crippen LogP contribution in [0.1, 0.15) is 21.6 Å². The fourth-order valence-electron chi connectivity index (χ4n) is 2.84. The van der Waals surface area contributed by atoms with Crippen molar-refractivity contribution in [1.82, 2.24) is 15.1 Å². The van der Waals surface area contributed by atoms with Gasteiger partial charge in [-0.25, -0.2) is 5.10 Å². The van der Waals surface area contributed by atoms with Gasteiger partial charge in [0.1, 0.15) is 5.69 Å². The van der Waals surface area contributed by atoms with Gasteiger partial charge in [-0.2, -0.15) is 5.10 Å². The Morgan fingerprint density at radius 3 is 2.48 bits per heavy atom. The number of aromatic nitrogens is 2. The highest BCUT2D eigenvalue weighted by Gasteiger charge is 2.23. The standard InChI is InChI=1S/C17H20N4O2/c1-12-3-4-13(2)15(11-12)20-7-9-21(10-8-20)17(23)14-5-6-16(22)19-18-14/h3-6,11H,7-10H2,1-2H3,(H,19,22). The summed E-state index contributed by atoms with van der Waals surface area (Å²) in [4.78, 5) is 27.5. The smallest absolute Gasteiger partial charge is 0.274 e. The highest BCUT2D eigenvalue weighted by atomic mass is 16.2. The van der Waals surface area contributed by atoms with E-state index in [9.17, 15) is 9.59 Å². The minimum atomic E-state index is -0.304. The van der Waals surface area contributed by atoms with Gasteiger partial charge in [0.15, 0.2) is 0 Å². The minimum absolute atomic E-state index is 0.137. The van der Waals surface area contributed by atoms with Gasteiger partial charge in [0.05, 0.1) is 0 Å². The van der Waals surface area contributed by atoms with Crippen LogP contribution in [-0.4, -0.2) is 47.2 Å². The average molecular weight is 312 g/mol. The van der Waals surface area contributed by atoms with Crippen LogP contribution in [0.15, 0.2) is 35.1 Å². The monoisotopic (exact) mass is 312 g/mol. The maximum Gasteiger partial charge on any atom is 0.274 e. The number of aryl methyl sites for hydroxylation is 2. The van der Waals surface area contributed by atoms with E-state index < -0.39 is 0 Å². The summed E-state index contributed by atoms with van der Waals surface area (Å²) in [6.45, 7) is 7.07. The van der Waals surface area contributed by atoms with Crippen LogP contribution < -0.4 is 10.5 Å². The molecule has 120 valence electrons. The number of hydrogen-bond acceptors (Lipinski definition) is 4. The van der Waals surface area contributed by atoms with Crippen molar-refractivity contribution < 1.29 is 4.79 Å². The number of anilines is 1. The van der Waals surface area contributed by atoms with Crippen molar-refractivity contribution >= 4 is 11.6 Å². The number of hydrogen-bond donors (Lipinski definition) is 1. The van der Waals surface area contributed by atoms with E-state index in [1.807, 2.05) is 0 Å². The van der Waals surface area contributed by atoms with Gasteiger partial charge >= 0.3 is 0 Å². The van der Waals surface area contributed by atoms with Crippen LogP contribution in [0.25, 0.3) is 0 Å². The third-order valence-electron chi connectivity index (χ3n) is 4.17. The molecule has 0 radical (unpaired) electrons. The van der Waals surface area contributed by atoms with Crippen LogP contribution in [-0.2, 0) is 0 Å².